The van der Waals surface area contributed by atoms with Crippen molar-refractivity contribution in [2.45, 2.75) is 19.8 Å². The molecule has 0 radical (unpaired) electrons. The van der Waals surface area contributed by atoms with Crippen molar-refractivity contribution in [3.8, 4) is 11.5 Å². The van der Waals surface area contributed by atoms with Crippen molar-refractivity contribution in [1.82, 2.24) is 29.9 Å². The normalized spacial score (nSPS) is 13.6. The Morgan fingerprint density at radius 3 is 2.68 bits per heavy atom. The first-order valence-corrected chi connectivity index (χ1v) is 11.4. The molecule has 1 N–H and O–H groups in total. The molecule has 2 aromatic carbocycles. The van der Waals surface area contributed by atoms with Crippen LogP contribution < -0.4 is 15.0 Å². The van der Waals surface area contributed by atoms with Gasteiger partial charge in [-0.1, -0.05) is 5.21 Å². The average molecular weight is 453 g/mol. The van der Waals surface area contributed by atoms with Gasteiger partial charge in [0, 0.05) is 31.9 Å². The zero-order valence-corrected chi connectivity index (χ0v) is 19.1. The predicted octanol–water partition coefficient (Wildman–Crippen LogP) is 4.75. The van der Waals surface area contributed by atoms with Gasteiger partial charge in [0.1, 0.15) is 34.7 Å². The topological polar surface area (TPSA) is 93.9 Å². The van der Waals surface area contributed by atoms with E-state index in [-0.39, 0.29) is 0 Å². The van der Waals surface area contributed by atoms with Gasteiger partial charge in [0.15, 0.2) is 5.82 Å². The number of aryl methyl sites for hydroxylation is 2. The van der Waals surface area contributed by atoms with Gasteiger partial charge in [-0.25, -0.2) is 19.6 Å². The number of anilines is 3. The fourth-order valence-electron chi connectivity index (χ4n) is 4.33. The van der Waals surface area contributed by atoms with Gasteiger partial charge in [0.2, 0.25) is 0 Å². The lowest BCUT2D eigenvalue weighted by Gasteiger charge is -2.17. The first-order chi connectivity index (χ1) is 16.6. The minimum atomic E-state index is 0.687. The number of benzene rings is 2. The van der Waals surface area contributed by atoms with E-state index >= 15 is 0 Å². The summed E-state index contributed by atoms with van der Waals surface area (Å²) in [6.07, 6.45) is 3.97. The number of ether oxygens (including phenoxy) is 1. The molecule has 1 aliphatic heterocycles. The molecule has 0 bridgehead atoms. The lowest BCUT2D eigenvalue weighted by atomic mass is 10.2. The molecule has 0 saturated carbocycles. The van der Waals surface area contributed by atoms with Crippen molar-refractivity contribution in [3.05, 3.63) is 60.4 Å². The molecule has 9 heteroatoms. The van der Waals surface area contributed by atoms with E-state index < -0.39 is 0 Å². The molecule has 1 aliphatic rings. The van der Waals surface area contributed by atoms with Crippen LogP contribution >= 0.6 is 0 Å². The summed E-state index contributed by atoms with van der Waals surface area (Å²) in [7, 11) is 1.87. The van der Waals surface area contributed by atoms with Crippen molar-refractivity contribution in [2.24, 2.45) is 7.05 Å². The Balaban J connectivity index is 1.26. The van der Waals surface area contributed by atoms with Crippen molar-refractivity contribution >= 4 is 39.4 Å². The fourth-order valence-corrected chi connectivity index (χ4v) is 4.33. The molecule has 1 saturated heterocycles. The van der Waals surface area contributed by atoms with Crippen LogP contribution in [0.25, 0.3) is 22.1 Å². The number of nitrogens with one attached hydrogen (secondary N) is 1. The largest absolute Gasteiger partial charge is 0.457 e. The lowest BCUT2D eigenvalue weighted by Crippen LogP contribution is -2.18. The third kappa shape index (κ3) is 3.75. The third-order valence-corrected chi connectivity index (χ3v) is 6.14. The molecule has 0 amide bonds. The summed E-state index contributed by atoms with van der Waals surface area (Å²) >= 11 is 0. The highest BCUT2D eigenvalue weighted by Gasteiger charge is 2.16. The Bertz CT molecular complexity index is 1510. The molecule has 4 heterocycles. The zero-order chi connectivity index (χ0) is 23.1. The van der Waals surface area contributed by atoms with Gasteiger partial charge in [-0.05, 0) is 67.8 Å². The molecular formula is C25H24N8O. The van der Waals surface area contributed by atoms with E-state index in [0.717, 1.165) is 63.7 Å². The van der Waals surface area contributed by atoms with E-state index in [9.17, 15) is 0 Å². The Hall–Kier alpha value is -4.27. The quantitative estimate of drug-likeness (QED) is 0.408. The molecule has 0 atom stereocenters. The molecule has 0 aliphatic carbocycles. The Morgan fingerprint density at radius 1 is 0.941 bits per heavy atom. The first kappa shape index (κ1) is 20.3. The van der Waals surface area contributed by atoms with Crippen LogP contribution in [0.5, 0.6) is 11.5 Å². The SMILES string of the molecule is Cc1cc(Nc2ncnc3ccc(N4CCCC4)nc23)ccc1Oc1ccc2c(c1)nnn2C. The molecule has 34 heavy (non-hydrogen) atoms. The molecule has 9 nitrogen and oxygen atoms in total. The monoisotopic (exact) mass is 452 g/mol. The van der Waals surface area contributed by atoms with E-state index in [1.165, 1.54) is 12.8 Å². The summed E-state index contributed by atoms with van der Waals surface area (Å²) in [6.45, 7) is 4.10. The second-order valence-corrected chi connectivity index (χ2v) is 8.52. The standard InChI is InChI=1S/C25H24N8O/c1-16-13-17(5-9-22(16)34-18-6-8-21-20(14-18)30-31-32(21)2)28-25-24-19(26-15-27-25)7-10-23(29-24)33-11-3-4-12-33/h5-10,13-15H,3-4,11-12H2,1-2H3,(H,26,27,28). The second kappa shape index (κ2) is 8.26. The summed E-state index contributed by atoms with van der Waals surface area (Å²) in [5, 5.41) is 11.6. The number of rotatable bonds is 5. The Kier molecular flexibility index (Phi) is 4.94. The van der Waals surface area contributed by atoms with Crippen LogP contribution in [0.3, 0.4) is 0 Å². The van der Waals surface area contributed by atoms with E-state index in [1.54, 1.807) is 11.0 Å². The third-order valence-electron chi connectivity index (χ3n) is 6.14. The Morgan fingerprint density at radius 2 is 1.82 bits per heavy atom. The fraction of sp³-hybridized carbons (Fsp3) is 0.240. The summed E-state index contributed by atoms with van der Waals surface area (Å²) < 4.78 is 7.87. The number of pyridine rings is 1. The number of hydrogen-bond acceptors (Lipinski definition) is 8. The lowest BCUT2D eigenvalue weighted by molar-refractivity contribution is 0.479. The van der Waals surface area contributed by atoms with Crippen LogP contribution in [0.4, 0.5) is 17.3 Å². The highest BCUT2D eigenvalue weighted by molar-refractivity contribution is 5.88. The summed E-state index contributed by atoms with van der Waals surface area (Å²) in [6, 6.07) is 15.8. The maximum Gasteiger partial charge on any atom is 0.160 e. The zero-order valence-electron chi connectivity index (χ0n) is 19.1. The minimum Gasteiger partial charge on any atom is -0.457 e. The van der Waals surface area contributed by atoms with E-state index in [0.29, 0.717) is 5.82 Å². The van der Waals surface area contributed by atoms with Gasteiger partial charge < -0.3 is 15.0 Å². The number of aromatic nitrogens is 6. The molecule has 0 unspecified atom stereocenters. The van der Waals surface area contributed by atoms with E-state index in [1.807, 2.05) is 62.5 Å². The highest BCUT2D eigenvalue weighted by atomic mass is 16.5. The Labute approximate surface area is 196 Å². The molecule has 1 fully saturated rings. The number of nitrogens with zero attached hydrogens (tertiary/aromatic N) is 7. The smallest absolute Gasteiger partial charge is 0.160 e. The molecule has 3 aromatic heterocycles. The summed E-state index contributed by atoms with van der Waals surface area (Å²) in [5.74, 6) is 3.16. The van der Waals surface area contributed by atoms with Gasteiger partial charge in [-0.15, -0.1) is 5.10 Å². The molecule has 6 rings (SSSR count). The second-order valence-electron chi connectivity index (χ2n) is 8.52. The molecule has 170 valence electrons. The van der Waals surface area contributed by atoms with Gasteiger partial charge in [-0.3, -0.25) is 0 Å². The number of fused-ring (bicyclic) bond motifs is 2. The molecule has 0 spiro atoms. The van der Waals surface area contributed by atoms with Crippen molar-refractivity contribution in [3.63, 3.8) is 0 Å². The van der Waals surface area contributed by atoms with E-state index in [4.69, 9.17) is 9.72 Å². The van der Waals surface area contributed by atoms with Crippen molar-refractivity contribution in [2.75, 3.05) is 23.3 Å². The van der Waals surface area contributed by atoms with Crippen molar-refractivity contribution in [1.29, 1.82) is 0 Å². The minimum absolute atomic E-state index is 0.687. The van der Waals surface area contributed by atoms with Crippen LogP contribution in [-0.4, -0.2) is 43.0 Å². The number of hydrogen-bond donors (Lipinski definition) is 1. The van der Waals surface area contributed by atoms with Crippen LogP contribution in [-0.2, 0) is 7.05 Å². The average Bonchev–Trinajstić information content (AvgIpc) is 3.51. The van der Waals surface area contributed by atoms with Crippen molar-refractivity contribution < 1.29 is 4.74 Å². The molecule has 5 aromatic rings. The van der Waals surface area contributed by atoms with Crippen LogP contribution in [0.2, 0.25) is 0 Å². The van der Waals surface area contributed by atoms with Crippen LogP contribution in [0, 0.1) is 6.92 Å². The highest BCUT2D eigenvalue weighted by Crippen LogP contribution is 2.31. The van der Waals surface area contributed by atoms with Gasteiger partial charge >= 0.3 is 0 Å². The first-order valence-electron chi connectivity index (χ1n) is 11.4. The predicted molar refractivity (Wildman–Crippen MR) is 132 cm³/mol. The maximum absolute atomic E-state index is 6.13. The van der Waals surface area contributed by atoms with Gasteiger partial charge in [-0.2, -0.15) is 0 Å². The van der Waals surface area contributed by atoms with Gasteiger partial charge in [0.05, 0.1) is 11.0 Å². The molecular weight excluding hydrogens is 428 g/mol. The van der Waals surface area contributed by atoms with Crippen LogP contribution in [0.15, 0.2) is 54.9 Å². The summed E-state index contributed by atoms with van der Waals surface area (Å²) in [4.78, 5) is 16.0. The summed E-state index contributed by atoms with van der Waals surface area (Å²) in [5.41, 5.74) is 5.24. The van der Waals surface area contributed by atoms with E-state index in [2.05, 4.69) is 30.5 Å². The van der Waals surface area contributed by atoms with Gasteiger partial charge in [0.25, 0.3) is 0 Å². The maximum atomic E-state index is 6.13. The van der Waals surface area contributed by atoms with Crippen LogP contribution in [0.1, 0.15) is 18.4 Å².